The summed E-state index contributed by atoms with van der Waals surface area (Å²) in [5.41, 5.74) is 1.84. The van der Waals surface area contributed by atoms with Crippen LogP contribution in [0.1, 0.15) is 63.6 Å². The fraction of sp³-hybridized carbons (Fsp3) is 0.517. The monoisotopic (exact) mass is 539 g/mol. The molecule has 2 amide bonds. The predicted octanol–water partition coefficient (Wildman–Crippen LogP) is 4.33. The van der Waals surface area contributed by atoms with Gasteiger partial charge in [0.2, 0.25) is 11.8 Å². The molecule has 2 aromatic rings. The Hall–Kier alpha value is -3.58. The Morgan fingerprint density at radius 1 is 1.21 bits per heavy atom. The number of amides is 2. The Kier molecular flexibility index (Phi) is 8.50. The third kappa shape index (κ3) is 6.71. The summed E-state index contributed by atoms with van der Waals surface area (Å²) < 4.78 is 33.1. The minimum Gasteiger partial charge on any atom is -0.377 e. The van der Waals surface area contributed by atoms with Crippen molar-refractivity contribution in [3.63, 3.8) is 0 Å². The third-order valence-electron chi connectivity index (χ3n) is 7.36. The minimum atomic E-state index is -2.73. The first-order chi connectivity index (χ1) is 18.5. The maximum atomic E-state index is 14.2. The number of pyridine rings is 1. The second-order valence-electron chi connectivity index (χ2n) is 11.2. The van der Waals surface area contributed by atoms with E-state index in [0.717, 1.165) is 5.56 Å². The van der Waals surface area contributed by atoms with Gasteiger partial charge in [-0.1, -0.05) is 39.0 Å². The first-order valence-corrected chi connectivity index (χ1v) is 13.3. The molecule has 2 atom stereocenters. The van der Waals surface area contributed by atoms with Crippen LogP contribution in [0.15, 0.2) is 48.8 Å². The van der Waals surface area contributed by atoms with E-state index in [1.165, 1.54) is 16.0 Å². The molecule has 1 N–H and O–H groups in total. The lowest BCUT2D eigenvalue weighted by Crippen LogP contribution is -2.56. The molecule has 1 aromatic carbocycles. The molecule has 2 heterocycles. The smallest absolute Gasteiger partial charge is 0.253 e. The molecule has 2 aliphatic rings. The molecule has 208 valence electrons. The second kappa shape index (κ2) is 11.7. The van der Waals surface area contributed by atoms with Crippen molar-refractivity contribution in [2.75, 3.05) is 24.7 Å². The van der Waals surface area contributed by atoms with E-state index in [9.17, 15) is 23.6 Å². The fourth-order valence-electron chi connectivity index (χ4n) is 5.03. The molecular formula is C29H35F2N5O3. The molecule has 1 aromatic heterocycles. The molecule has 8 nitrogen and oxygen atoms in total. The number of hydrogen-bond acceptors (Lipinski definition) is 6. The maximum Gasteiger partial charge on any atom is 0.253 e. The molecular weight excluding hydrogens is 504 g/mol. The summed E-state index contributed by atoms with van der Waals surface area (Å²) in [6.07, 6.45) is 4.84. The van der Waals surface area contributed by atoms with Crippen molar-refractivity contribution in [3.05, 3.63) is 59.9 Å². The van der Waals surface area contributed by atoms with Crippen LogP contribution in [-0.4, -0.2) is 59.5 Å². The van der Waals surface area contributed by atoms with Crippen molar-refractivity contribution in [2.24, 2.45) is 0 Å². The number of hydrogen-bond donors (Lipinski definition) is 1. The highest BCUT2D eigenvalue weighted by Gasteiger charge is 2.41. The molecule has 1 saturated heterocycles. The second-order valence-corrected chi connectivity index (χ2v) is 11.2. The summed E-state index contributed by atoms with van der Waals surface area (Å²) in [7, 11) is 0. The van der Waals surface area contributed by atoms with Crippen LogP contribution in [0, 0.1) is 11.5 Å². The van der Waals surface area contributed by atoms with Crippen molar-refractivity contribution in [2.45, 2.75) is 75.9 Å². The van der Waals surface area contributed by atoms with Crippen molar-refractivity contribution in [1.29, 1.82) is 5.26 Å². The number of rotatable bonds is 6. The Bertz CT molecular complexity index is 1180. The molecule has 1 saturated carbocycles. The van der Waals surface area contributed by atoms with E-state index >= 15 is 0 Å². The van der Waals surface area contributed by atoms with Crippen molar-refractivity contribution < 1.29 is 23.1 Å². The zero-order valence-corrected chi connectivity index (χ0v) is 22.6. The molecule has 4 rings (SSSR count). The number of aromatic nitrogens is 1. The number of morpholine rings is 1. The summed E-state index contributed by atoms with van der Waals surface area (Å²) in [6, 6.07) is 8.27. The van der Waals surface area contributed by atoms with Crippen LogP contribution in [0.2, 0.25) is 0 Å². The zero-order chi connectivity index (χ0) is 28.2. The predicted molar refractivity (Wildman–Crippen MR) is 142 cm³/mol. The lowest BCUT2D eigenvalue weighted by atomic mass is 9.87. The van der Waals surface area contributed by atoms with E-state index in [1.807, 2.05) is 12.1 Å². The molecule has 1 aliphatic carbocycles. The molecule has 10 heteroatoms. The highest BCUT2D eigenvalue weighted by atomic mass is 19.3. The van der Waals surface area contributed by atoms with Crippen LogP contribution in [0.4, 0.5) is 14.5 Å². The summed E-state index contributed by atoms with van der Waals surface area (Å²) in [5.74, 6) is -3.70. The van der Waals surface area contributed by atoms with Crippen LogP contribution in [-0.2, 0) is 19.7 Å². The fourth-order valence-corrected chi connectivity index (χ4v) is 5.03. The van der Waals surface area contributed by atoms with Crippen LogP contribution < -0.4 is 10.2 Å². The van der Waals surface area contributed by atoms with E-state index in [0.29, 0.717) is 17.9 Å². The number of halogens is 2. The number of anilines is 1. The Morgan fingerprint density at radius 2 is 1.90 bits per heavy atom. The number of carbonyl (C=O) groups excluding carboxylic acids is 2. The van der Waals surface area contributed by atoms with Gasteiger partial charge in [-0.3, -0.25) is 24.4 Å². The van der Waals surface area contributed by atoms with Gasteiger partial charge in [-0.15, -0.1) is 0 Å². The van der Waals surface area contributed by atoms with Crippen LogP contribution >= 0.6 is 0 Å². The van der Waals surface area contributed by atoms with Gasteiger partial charge in [0, 0.05) is 42.5 Å². The quantitative estimate of drug-likeness (QED) is 0.549. The topological polar surface area (TPSA) is 98.6 Å². The van der Waals surface area contributed by atoms with E-state index in [1.54, 1.807) is 30.5 Å². The standard InChI is InChI=1S/C29H35F2N5O3/c1-28(2,3)21-6-8-23(9-7-21)36(27(38)24-18-39-16-15-35(24)19-32)25(20-5-4-14-33-17-20)26(37)34-22-10-12-29(30,31)13-11-22/h4-9,14,17,22,24-25H,10-13,15-16,18H2,1-3H3,(H,34,37)/t24-,25-/m1/s1. The number of nitrogens with one attached hydrogen (secondary N) is 1. The molecule has 0 bridgehead atoms. The highest BCUT2D eigenvalue weighted by Crippen LogP contribution is 2.35. The van der Waals surface area contributed by atoms with E-state index in [2.05, 4.69) is 37.3 Å². The summed E-state index contributed by atoms with van der Waals surface area (Å²) in [6.45, 7) is 6.81. The van der Waals surface area contributed by atoms with Gasteiger partial charge in [-0.05, 0) is 42.0 Å². The summed E-state index contributed by atoms with van der Waals surface area (Å²) in [4.78, 5) is 35.1. The van der Waals surface area contributed by atoms with Gasteiger partial charge in [-0.2, -0.15) is 5.26 Å². The van der Waals surface area contributed by atoms with Gasteiger partial charge in [-0.25, -0.2) is 8.78 Å². The van der Waals surface area contributed by atoms with E-state index < -0.39 is 35.9 Å². The molecule has 1 aliphatic heterocycles. The van der Waals surface area contributed by atoms with Gasteiger partial charge >= 0.3 is 0 Å². The van der Waals surface area contributed by atoms with Crippen LogP contribution in [0.3, 0.4) is 0 Å². The van der Waals surface area contributed by atoms with Crippen LogP contribution in [0.5, 0.6) is 0 Å². The van der Waals surface area contributed by atoms with Crippen LogP contribution in [0.25, 0.3) is 0 Å². The summed E-state index contributed by atoms with van der Waals surface area (Å²) in [5, 5.41) is 12.6. The van der Waals surface area contributed by atoms with E-state index in [-0.39, 0.29) is 44.2 Å². The number of carbonyl (C=O) groups is 2. The van der Waals surface area contributed by atoms with Gasteiger partial charge in [0.25, 0.3) is 5.91 Å². The Balaban J connectivity index is 1.75. The van der Waals surface area contributed by atoms with Gasteiger partial charge in [0.1, 0.15) is 12.1 Å². The average Bonchev–Trinajstić information content (AvgIpc) is 2.92. The van der Waals surface area contributed by atoms with Crippen molar-refractivity contribution in [1.82, 2.24) is 15.2 Å². The van der Waals surface area contributed by atoms with E-state index in [4.69, 9.17) is 4.74 Å². The first kappa shape index (κ1) is 28.4. The number of nitrogens with zero attached hydrogens (tertiary/aromatic N) is 4. The maximum absolute atomic E-state index is 14.2. The largest absolute Gasteiger partial charge is 0.377 e. The number of alkyl halides is 2. The Labute approximate surface area is 227 Å². The number of benzene rings is 1. The molecule has 39 heavy (non-hydrogen) atoms. The number of nitriles is 1. The average molecular weight is 540 g/mol. The highest BCUT2D eigenvalue weighted by molar-refractivity contribution is 6.04. The first-order valence-electron chi connectivity index (χ1n) is 13.3. The SMILES string of the molecule is CC(C)(C)c1ccc(N(C(=O)[C@H]2COCCN2C#N)[C@@H](C(=O)NC2CCC(F)(F)CC2)c2cccnc2)cc1. The van der Waals surface area contributed by atoms with Gasteiger partial charge < -0.3 is 10.1 Å². The normalized spacial score (nSPS) is 20.5. The molecule has 0 spiro atoms. The zero-order valence-electron chi connectivity index (χ0n) is 22.6. The lowest BCUT2D eigenvalue weighted by Gasteiger charge is -2.38. The molecule has 2 fully saturated rings. The lowest BCUT2D eigenvalue weighted by molar-refractivity contribution is -0.132. The minimum absolute atomic E-state index is 0.00204. The van der Waals surface area contributed by atoms with Crippen molar-refractivity contribution in [3.8, 4) is 6.19 Å². The molecule has 0 radical (unpaired) electrons. The molecule has 0 unspecified atom stereocenters. The van der Waals surface area contributed by atoms with Gasteiger partial charge in [0.15, 0.2) is 6.19 Å². The third-order valence-corrected chi connectivity index (χ3v) is 7.36. The number of ether oxygens (including phenoxy) is 1. The van der Waals surface area contributed by atoms with Gasteiger partial charge in [0.05, 0.1) is 19.8 Å². The summed E-state index contributed by atoms with van der Waals surface area (Å²) >= 11 is 0. The van der Waals surface area contributed by atoms with Crippen molar-refractivity contribution >= 4 is 17.5 Å². The Morgan fingerprint density at radius 3 is 2.49 bits per heavy atom.